The van der Waals surface area contributed by atoms with Crippen molar-refractivity contribution in [3.8, 4) is 0 Å². The smallest absolute Gasteiger partial charge is 0.418 e. The summed E-state index contributed by atoms with van der Waals surface area (Å²) in [6.45, 7) is 8.96. The van der Waals surface area contributed by atoms with E-state index in [1.165, 1.54) is 51.4 Å². The van der Waals surface area contributed by atoms with Gasteiger partial charge in [-0.25, -0.2) is 9.59 Å². The Balaban J connectivity index is 0.000000363. The molecule has 1 aliphatic carbocycles. The van der Waals surface area contributed by atoms with Crippen LogP contribution < -0.4 is 0 Å². The van der Waals surface area contributed by atoms with Crippen LogP contribution in [0, 0.1) is 0 Å². The van der Waals surface area contributed by atoms with Gasteiger partial charge in [0.1, 0.15) is 0 Å². The second-order valence-corrected chi connectivity index (χ2v) is 15.4. The molecule has 0 aromatic carbocycles. The van der Waals surface area contributed by atoms with Crippen LogP contribution in [0.15, 0.2) is 34.9 Å². The zero-order valence-electron chi connectivity index (χ0n) is 20.8. The zero-order chi connectivity index (χ0) is 25.5. The van der Waals surface area contributed by atoms with Crippen LogP contribution in [0.25, 0.3) is 0 Å². The summed E-state index contributed by atoms with van der Waals surface area (Å²) >= 11 is 0. The number of esters is 2. The predicted molar refractivity (Wildman–Crippen MR) is 135 cm³/mol. The Hall–Kier alpha value is -0.372. The van der Waals surface area contributed by atoms with E-state index < -0.39 is 23.1 Å². The zero-order valence-corrected chi connectivity index (χ0v) is 24.2. The van der Waals surface area contributed by atoms with E-state index in [4.69, 9.17) is 4.74 Å². The van der Waals surface area contributed by atoms with Crippen LogP contribution in [-0.4, -0.2) is 41.8 Å². The molecule has 3 nitrogen and oxygen atoms in total. The fourth-order valence-electron chi connectivity index (χ4n) is 4.96. The van der Waals surface area contributed by atoms with Crippen LogP contribution in [0.1, 0.15) is 79.1 Å². The molecule has 0 spiro atoms. The fraction of sp³-hybridized carbons (Fsp3) is 0.667. The van der Waals surface area contributed by atoms with E-state index in [9.17, 15) is 26.9 Å². The third-order valence-electron chi connectivity index (χ3n) is 6.55. The second kappa shape index (κ2) is 15.1. The fourth-order valence-corrected chi connectivity index (χ4v) is 12.0. The van der Waals surface area contributed by atoms with Gasteiger partial charge in [0.15, 0.2) is 0 Å². The van der Waals surface area contributed by atoms with Crippen molar-refractivity contribution in [2.75, 3.05) is 0 Å². The van der Waals surface area contributed by atoms with E-state index >= 15 is 0 Å². The number of hydrogen-bond donors (Lipinski definition) is 0. The Morgan fingerprint density at radius 2 is 0.886 bits per heavy atom. The number of carbonyl (C=O) groups excluding carboxylic acids is 2. The van der Waals surface area contributed by atoms with Crippen molar-refractivity contribution in [3.05, 3.63) is 34.9 Å². The van der Waals surface area contributed by atoms with Gasteiger partial charge in [-0.15, -0.1) is 0 Å². The standard InChI is InChI=1S/C16H24O3P2.C8H12.BF4.Rh/c1-9-5-6-10(2)20(9)13-14(16(18)19-15(13)17)21-11(3)7-8-12(21)4;1-2-4-6-8-7-5-3-1;2-1(3,4)5;/h9-12H,5-8H2,1-4H3;1-2,7-8H,3-6H2;;/q;;-1;+1/b;2-1-,8-7-;;/t9-,10-,11-,12-;;;/m0.../s1. The molecule has 0 N–H and O–H groups in total. The molecule has 4 atom stereocenters. The average Bonchev–Trinajstić information content (AvgIpc) is 3.28. The van der Waals surface area contributed by atoms with E-state index in [0.717, 1.165) is 10.6 Å². The van der Waals surface area contributed by atoms with Crippen LogP contribution in [0.4, 0.5) is 17.3 Å². The van der Waals surface area contributed by atoms with Crippen molar-refractivity contribution in [3.63, 3.8) is 0 Å². The van der Waals surface area contributed by atoms with Crippen LogP contribution in [0.2, 0.25) is 0 Å². The first-order chi connectivity index (χ1) is 15.9. The van der Waals surface area contributed by atoms with Gasteiger partial charge in [0.2, 0.25) is 0 Å². The predicted octanol–water partition coefficient (Wildman–Crippen LogP) is 8.36. The van der Waals surface area contributed by atoms with E-state index in [-0.39, 0.29) is 31.4 Å². The number of rotatable bonds is 2. The second-order valence-electron chi connectivity index (χ2n) is 9.33. The summed E-state index contributed by atoms with van der Waals surface area (Å²) in [5.74, 6) is -0.619. The van der Waals surface area contributed by atoms with Gasteiger partial charge in [0.05, 0.1) is 10.6 Å². The summed E-state index contributed by atoms with van der Waals surface area (Å²) in [5.41, 5.74) is 2.17. The molecule has 0 bridgehead atoms. The van der Waals surface area contributed by atoms with Crippen LogP contribution in [0.3, 0.4) is 0 Å². The van der Waals surface area contributed by atoms with E-state index in [2.05, 4.69) is 52.0 Å². The Kier molecular flexibility index (Phi) is 14.1. The van der Waals surface area contributed by atoms with E-state index in [1.54, 1.807) is 0 Å². The summed E-state index contributed by atoms with van der Waals surface area (Å²) in [6, 6.07) is 0. The first-order valence-corrected chi connectivity index (χ1v) is 15.1. The summed E-state index contributed by atoms with van der Waals surface area (Å²) in [4.78, 5) is 24.7. The number of halogens is 4. The minimum atomic E-state index is -6.00. The Morgan fingerprint density at radius 1 is 0.657 bits per heavy atom. The number of allylic oxidation sites excluding steroid dienone is 4. The van der Waals surface area contributed by atoms with Crippen molar-refractivity contribution in [1.82, 2.24) is 0 Å². The molecule has 0 amide bonds. The van der Waals surface area contributed by atoms with Crippen LogP contribution >= 0.6 is 15.8 Å². The van der Waals surface area contributed by atoms with Crippen molar-refractivity contribution in [2.24, 2.45) is 0 Å². The molecule has 35 heavy (non-hydrogen) atoms. The number of carbonyl (C=O) groups is 2. The average molecular weight is 624 g/mol. The minimum absolute atomic E-state index is 0. The molecule has 0 saturated carbocycles. The topological polar surface area (TPSA) is 43.4 Å². The normalized spacial score (nSPS) is 31.3. The third kappa shape index (κ3) is 10.1. The van der Waals surface area contributed by atoms with Gasteiger partial charge in [-0.2, -0.15) is 0 Å². The maximum absolute atomic E-state index is 12.4. The maximum Gasteiger partial charge on any atom is 1.00 e. The van der Waals surface area contributed by atoms with Gasteiger partial charge in [-0.05, 0) is 74.0 Å². The SMILES string of the molecule is C1=C\CC/C=C\CC/1.C[C@H]1CC[C@H](C)P1C1=C(P2[C@@H](C)CC[C@@H]2C)C(=O)OC1=O.F[B-](F)(F)F.[Rh+]. The maximum atomic E-state index is 12.4. The van der Waals surface area contributed by atoms with Gasteiger partial charge >= 0.3 is 38.7 Å². The molecule has 0 unspecified atom stereocenters. The summed E-state index contributed by atoms with van der Waals surface area (Å²) in [5, 5.41) is 1.67. The van der Waals surface area contributed by atoms with Crippen molar-refractivity contribution < 1.29 is 51.1 Å². The van der Waals surface area contributed by atoms with Crippen LogP contribution in [-0.2, 0) is 33.8 Å². The van der Waals surface area contributed by atoms with E-state index in [0.29, 0.717) is 22.6 Å². The number of hydrogen-bond acceptors (Lipinski definition) is 3. The molecule has 200 valence electrons. The van der Waals surface area contributed by atoms with Gasteiger partial charge in [0.25, 0.3) is 0 Å². The van der Waals surface area contributed by atoms with Crippen molar-refractivity contribution in [2.45, 2.75) is 102 Å². The molecule has 4 rings (SSSR count). The Morgan fingerprint density at radius 3 is 1.11 bits per heavy atom. The molecular weight excluding hydrogens is 588 g/mol. The molecule has 2 saturated heterocycles. The molecule has 11 heteroatoms. The van der Waals surface area contributed by atoms with Gasteiger partial charge in [-0.3, -0.25) is 0 Å². The van der Waals surface area contributed by atoms with Gasteiger partial charge in [-0.1, -0.05) is 67.8 Å². The first kappa shape index (κ1) is 32.7. The third-order valence-corrected chi connectivity index (χ3v) is 13.4. The Bertz CT molecular complexity index is 723. The van der Waals surface area contributed by atoms with Crippen molar-refractivity contribution >= 4 is 35.0 Å². The molecule has 2 fully saturated rings. The van der Waals surface area contributed by atoms with Gasteiger partial charge in [0, 0.05) is 0 Å². The molecular formula is C24H36BF4O3P2Rh. The van der Waals surface area contributed by atoms with E-state index in [1.807, 2.05) is 0 Å². The number of ether oxygens (including phenoxy) is 1. The molecule has 0 radical (unpaired) electrons. The number of cyclic esters (lactones) is 2. The summed E-state index contributed by atoms with van der Waals surface area (Å²) in [7, 11) is -7.06. The molecule has 0 aromatic rings. The first-order valence-electron chi connectivity index (χ1n) is 12.2. The van der Waals surface area contributed by atoms with Crippen LogP contribution in [0.5, 0.6) is 0 Å². The summed E-state index contributed by atoms with van der Waals surface area (Å²) in [6.07, 6.45) is 18.7. The molecule has 3 heterocycles. The minimum Gasteiger partial charge on any atom is -0.418 e. The largest absolute Gasteiger partial charge is 1.00 e. The molecule has 3 aliphatic heterocycles. The summed E-state index contributed by atoms with van der Waals surface area (Å²) < 4.78 is 44.1. The molecule has 4 aliphatic rings. The quantitative estimate of drug-likeness (QED) is 0.0775. The Labute approximate surface area is 222 Å². The monoisotopic (exact) mass is 624 g/mol. The van der Waals surface area contributed by atoms with Gasteiger partial charge < -0.3 is 22.0 Å². The van der Waals surface area contributed by atoms with Crippen molar-refractivity contribution in [1.29, 1.82) is 0 Å². The molecule has 0 aromatic heterocycles.